The average Bonchev–Trinajstić information content (AvgIpc) is 2.27. The van der Waals surface area contributed by atoms with E-state index in [-0.39, 0.29) is 18.4 Å². The largest absolute Gasteiger partial charge is 0.396 e. The van der Waals surface area contributed by atoms with Gasteiger partial charge in [-0.3, -0.25) is 4.79 Å². The zero-order valence-corrected chi connectivity index (χ0v) is 9.67. The molecule has 0 aliphatic heterocycles. The molecule has 1 aliphatic rings. The maximum absolute atomic E-state index is 11.7. The van der Waals surface area contributed by atoms with Crippen LogP contribution in [0.2, 0.25) is 0 Å². The zero-order valence-electron chi connectivity index (χ0n) is 9.67. The Morgan fingerprint density at radius 3 is 2.67 bits per heavy atom. The first-order valence-electron chi connectivity index (χ1n) is 6.12. The summed E-state index contributed by atoms with van der Waals surface area (Å²) in [5.74, 6) is 0.849. The number of carbonyl (C=O) groups excluding carboxylic acids is 1. The van der Waals surface area contributed by atoms with Gasteiger partial charge in [0.1, 0.15) is 0 Å². The van der Waals surface area contributed by atoms with Crippen LogP contribution in [0.5, 0.6) is 0 Å². The van der Waals surface area contributed by atoms with E-state index in [1.807, 2.05) is 0 Å². The van der Waals surface area contributed by atoms with Crippen molar-refractivity contribution in [1.82, 2.24) is 5.32 Å². The number of amides is 1. The van der Waals surface area contributed by atoms with Gasteiger partial charge in [0.05, 0.1) is 0 Å². The Bertz CT molecular complexity index is 188. The van der Waals surface area contributed by atoms with E-state index >= 15 is 0 Å². The van der Waals surface area contributed by atoms with E-state index in [1.54, 1.807) is 0 Å². The third-order valence-corrected chi connectivity index (χ3v) is 3.22. The molecule has 0 aromatic heterocycles. The number of rotatable bonds is 5. The summed E-state index contributed by atoms with van der Waals surface area (Å²) in [6.45, 7) is 2.97. The summed E-state index contributed by atoms with van der Waals surface area (Å²) >= 11 is 0. The highest BCUT2D eigenvalue weighted by Crippen LogP contribution is 2.23. The first kappa shape index (κ1) is 12.5. The second-order valence-electron chi connectivity index (χ2n) is 4.70. The van der Waals surface area contributed by atoms with E-state index in [1.165, 1.54) is 19.3 Å². The van der Waals surface area contributed by atoms with Crippen LogP contribution in [0, 0.1) is 11.8 Å². The summed E-state index contributed by atoms with van der Waals surface area (Å²) in [4.78, 5) is 11.7. The molecular formula is C12H23NO2. The van der Waals surface area contributed by atoms with Gasteiger partial charge in [-0.1, -0.05) is 26.2 Å². The molecule has 1 atom stereocenters. The minimum atomic E-state index is 0.209. The van der Waals surface area contributed by atoms with Crippen molar-refractivity contribution >= 4 is 5.91 Å². The molecule has 0 bridgehead atoms. The normalized spacial score (nSPS) is 19.9. The molecule has 1 unspecified atom stereocenters. The molecule has 3 heteroatoms. The highest BCUT2D eigenvalue weighted by atomic mass is 16.3. The van der Waals surface area contributed by atoms with Crippen LogP contribution in [0.25, 0.3) is 0 Å². The topological polar surface area (TPSA) is 49.3 Å². The van der Waals surface area contributed by atoms with Crippen molar-refractivity contribution in [2.24, 2.45) is 11.8 Å². The van der Waals surface area contributed by atoms with E-state index in [4.69, 9.17) is 5.11 Å². The molecule has 1 aliphatic carbocycles. The lowest BCUT2D eigenvalue weighted by Gasteiger charge is -2.21. The van der Waals surface area contributed by atoms with Crippen LogP contribution in [-0.2, 0) is 4.79 Å². The molecule has 0 heterocycles. The summed E-state index contributed by atoms with van der Waals surface area (Å²) in [5.41, 5.74) is 0. The maximum atomic E-state index is 11.7. The van der Waals surface area contributed by atoms with Crippen molar-refractivity contribution in [1.29, 1.82) is 0 Å². The number of nitrogens with one attached hydrogen (secondary N) is 1. The summed E-state index contributed by atoms with van der Waals surface area (Å²) in [6, 6.07) is 0. The van der Waals surface area contributed by atoms with Gasteiger partial charge in [-0.15, -0.1) is 0 Å². The maximum Gasteiger partial charge on any atom is 0.223 e. The highest BCUT2D eigenvalue weighted by Gasteiger charge is 2.20. The third kappa shape index (κ3) is 4.65. The lowest BCUT2D eigenvalue weighted by atomic mass is 9.88. The van der Waals surface area contributed by atoms with Gasteiger partial charge in [-0.05, 0) is 25.2 Å². The smallest absolute Gasteiger partial charge is 0.223 e. The second kappa shape index (κ2) is 6.83. The van der Waals surface area contributed by atoms with Crippen LogP contribution in [0.15, 0.2) is 0 Å². The molecule has 0 aromatic carbocycles. The fraction of sp³-hybridized carbons (Fsp3) is 0.917. The van der Waals surface area contributed by atoms with Crippen LogP contribution >= 0.6 is 0 Å². The van der Waals surface area contributed by atoms with E-state index in [9.17, 15) is 4.79 Å². The molecule has 88 valence electrons. The van der Waals surface area contributed by atoms with Gasteiger partial charge in [0.15, 0.2) is 0 Å². The average molecular weight is 213 g/mol. The predicted octanol–water partition coefficient (Wildman–Crippen LogP) is 1.70. The number of hydrogen-bond donors (Lipinski definition) is 2. The zero-order chi connectivity index (χ0) is 11.1. The number of aliphatic hydroxyl groups is 1. The van der Waals surface area contributed by atoms with E-state index < -0.39 is 0 Å². The van der Waals surface area contributed by atoms with E-state index in [0.29, 0.717) is 12.5 Å². The van der Waals surface area contributed by atoms with E-state index in [2.05, 4.69) is 12.2 Å². The highest BCUT2D eigenvalue weighted by molar-refractivity contribution is 5.78. The fourth-order valence-corrected chi connectivity index (χ4v) is 2.11. The standard InChI is InChI=1S/C12H23NO2/c1-10(7-8-14)9-13-12(15)11-5-3-2-4-6-11/h10-11,14H,2-9H2,1H3,(H,13,15). The number of aliphatic hydroxyl groups excluding tert-OH is 1. The molecule has 1 fully saturated rings. The van der Waals surface area contributed by atoms with Crippen LogP contribution in [0.3, 0.4) is 0 Å². The van der Waals surface area contributed by atoms with Gasteiger partial charge in [0.25, 0.3) is 0 Å². The number of hydrogen-bond acceptors (Lipinski definition) is 2. The SMILES string of the molecule is CC(CCO)CNC(=O)C1CCCCC1. The lowest BCUT2D eigenvalue weighted by Crippen LogP contribution is -2.34. The Morgan fingerprint density at radius 1 is 1.40 bits per heavy atom. The van der Waals surface area contributed by atoms with Gasteiger partial charge >= 0.3 is 0 Å². The molecule has 2 N–H and O–H groups in total. The summed E-state index contributed by atoms with van der Waals surface area (Å²) in [5, 5.41) is 11.7. The third-order valence-electron chi connectivity index (χ3n) is 3.22. The molecule has 0 spiro atoms. The quantitative estimate of drug-likeness (QED) is 0.730. The van der Waals surface area contributed by atoms with E-state index in [0.717, 1.165) is 19.3 Å². The Balaban J connectivity index is 2.16. The Morgan fingerprint density at radius 2 is 2.07 bits per heavy atom. The summed E-state index contributed by atoms with van der Waals surface area (Å²) < 4.78 is 0. The van der Waals surface area contributed by atoms with Gasteiger partial charge in [-0.2, -0.15) is 0 Å². The van der Waals surface area contributed by atoms with Crippen LogP contribution < -0.4 is 5.32 Å². The van der Waals surface area contributed by atoms with Crippen molar-refractivity contribution in [3.63, 3.8) is 0 Å². The number of carbonyl (C=O) groups is 1. The van der Waals surface area contributed by atoms with Crippen molar-refractivity contribution in [2.45, 2.75) is 45.4 Å². The predicted molar refractivity (Wildman–Crippen MR) is 60.5 cm³/mol. The lowest BCUT2D eigenvalue weighted by molar-refractivity contribution is -0.126. The molecule has 3 nitrogen and oxygen atoms in total. The molecule has 0 aromatic rings. The molecule has 15 heavy (non-hydrogen) atoms. The molecular weight excluding hydrogens is 190 g/mol. The van der Waals surface area contributed by atoms with Crippen molar-refractivity contribution in [3.05, 3.63) is 0 Å². The molecule has 1 saturated carbocycles. The van der Waals surface area contributed by atoms with Crippen LogP contribution in [0.4, 0.5) is 0 Å². The van der Waals surface area contributed by atoms with Crippen molar-refractivity contribution in [3.8, 4) is 0 Å². The molecule has 0 saturated heterocycles. The van der Waals surface area contributed by atoms with Crippen molar-refractivity contribution in [2.75, 3.05) is 13.2 Å². The van der Waals surface area contributed by atoms with Gasteiger partial charge in [0.2, 0.25) is 5.91 Å². The first-order valence-corrected chi connectivity index (χ1v) is 6.12. The van der Waals surface area contributed by atoms with Crippen LogP contribution in [0.1, 0.15) is 45.4 Å². The molecule has 0 radical (unpaired) electrons. The summed E-state index contributed by atoms with van der Waals surface area (Å²) in [6.07, 6.45) is 6.56. The molecule has 1 rings (SSSR count). The minimum absolute atomic E-state index is 0.209. The van der Waals surface area contributed by atoms with Gasteiger partial charge < -0.3 is 10.4 Å². The van der Waals surface area contributed by atoms with Crippen molar-refractivity contribution < 1.29 is 9.90 Å². The Hall–Kier alpha value is -0.570. The van der Waals surface area contributed by atoms with Gasteiger partial charge in [0, 0.05) is 19.1 Å². The molecule has 1 amide bonds. The first-order chi connectivity index (χ1) is 7.24. The Kier molecular flexibility index (Phi) is 5.69. The fourth-order valence-electron chi connectivity index (χ4n) is 2.11. The minimum Gasteiger partial charge on any atom is -0.396 e. The van der Waals surface area contributed by atoms with Gasteiger partial charge in [-0.25, -0.2) is 0 Å². The Labute approximate surface area is 92.3 Å². The summed E-state index contributed by atoms with van der Waals surface area (Å²) in [7, 11) is 0. The van der Waals surface area contributed by atoms with Crippen LogP contribution in [-0.4, -0.2) is 24.2 Å². The monoisotopic (exact) mass is 213 g/mol. The second-order valence-corrected chi connectivity index (χ2v) is 4.70.